The first-order valence-electron chi connectivity index (χ1n) is 5.58. The van der Waals surface area contributed by atoms with Gasteiger partial charge in [0.2, 0.25) is 0 Å². The average molecular weight is 358 g/mol. The van der Waals surface area contributed by atoms with Crippen molar-refractivity contribution in [2.24, 2.45) is 0 Å². The van der Waals surface area contributed by atoms with Crippen molar-refractivity contribution < 1.29 is 18.3 Å². The fourth-order valence-electron chi connectivity index (χ4n) is 1.64. The molecule has 0 saturated heterocycles. The summed E-state index contributed by atoms with van der Waals surface area (Å²) >= 11 is 3.23. The molecule has 0 aliphatic rings. The van der Waals surface area contributed by atoms with E-state index >= 15 is 0 Å². The number of hydrogen-bond acceptors (Lipinski definition) is 4. The van der Waals surface area contributed by atoms with Crippen LogP contribution in [0, 0.1) is 0 Å². The van der Waals surface area contributed by atoms with Crippen LogP contribution in [0.1, 0.15) is 0 Å². The number of phenolic OH excluding ortho intramolecular Hbond substituents is 1. The highest BCUT2D eigenvalue weighted by molar-refractivity contribution is 9.10. The highest BCUT2D eigenvalue weighted by Gasteiger charge is 2.20. The Kier molecular flexibility index (Phi) is 4.20. The Labute approximate surface area is 125 Å². The van der Waals surface area contributed by atoms with Gasteiger partial charge in [-0.05, 0) is 30.3 Å². The van der Waals surface area contributed by atoms with E-state index in [0.717, 1.165) is 0 Å². The Morgan fingerprint density at radius 1 is 1.20 bits per heavy atom. The lowest BCUT2D eigenvalue weighted by atomic mass is 10.3. The van der Waals surface area contributed by atoms with Crippen molar-refractivity contribution >= 4 is 31.6 Å². The third-order valence-corrected chi connectivity index (χ3v) is 4.41. The first-order chi connectivity index (χ1) is 9.42. The minimum atomic E-state index is -3.81. The highest BCUT2D eigenvalue weighted by Crippen LogP contribution is 2.29. The number of hydrogen-bond donors (Lipinski definition) is 2. The SMILES string of the molecule is COc1ccc(Br)cc1S(=O)(=O)Nc1cccc(O)c1. The fourth-order valence-corrected chi connectivity index (χ4v) is 3.40. The van der Waals surface area contributed by atoms with Gasteiger partial charge in [0.1, 0.15) is 16.4 Å². The molecule has 0 unspecified atom stereocenters. The molecular weight excluding hydrogens is 346 g/mol. The van der Waals surface area contributed by atoms with Crippen LogP contribution in [0.5, 0.6) is 11.5 Å². The second-order valence-corrected chi connectivity index (χ2v) is 6.52. The van der Waals surface area contributed by atoms with Crippen LogP contribution in [-0.2, 0) is 10.0 Å². The zero-order valence-electron chi connectivity index (χ0n) is 10.5. The van der Waals surface area contributed by atoms with Gasteiger partial charge in [-0.2, -0.15) is 0 Å². The Morgan fingerprint density at radius 2 is 1.95 bits per heavy atom. The van der Waals surface area contributed by atoms with Crippen molar-refractivity contribution in [3.63, 3.8) is 0 Å². The second-order valence-electron chi connectivity index (χ2n) is 3.95. The van der Waals surface area contributed by atoms with Crippen LogP contribution < -0.4 is 9.46 Å². The summed E-state index contributed by atoms with van der Waals surface area (Å²) in [5.41, 5.74) is 0.270. The Morgan fingerprint density at radius 3 is 2.60 bits per heavy atom. The lowest BCUT2D eigenvalue weighted by molar-refractivity contribution is 0.403. The zero-order chi connectivity index (χ0) is 14.8. The zero-order valence-corrected chi connectivity index (χ0v) is 12.9. The van der Waals surface area contributed by atoms with Gasteiger partial charge in [0, 0.05) is 10.5 Å². The van der Waals surface area contributed by atoms with E-state index in [1.54, 1.807) is 24.3 Å². The summed E-state index contributed by atoms with van der Waals surface area (Å²) in [7, 11) is -2.41. The van der Waals surface area contributed by atoms with Crippen LogP contribution in [0.2, 0.25) is 0 Å². The summed E-state index contributed by atoms with van der Waals surface area (Å²) in [5, 5.41) is 9.36. The standard InChI is InChI=1S/C13H12BrNO4S/c1-19-12-6-5-9(14)7-13(12)20(17,18)15-10-3-2-4-11(16)8-10/h2-8,15-16H,1H3. The molecule has 0 radical (unpaired) electrons. The summed E-state index contributed by atoms with van der Waals surface area (Å²) < 4.78 is 32.8. The van der Waals surface area contributed by atoms with Gasteiger partial charge < -0.3 is 9.84 Å². The van der Waals surface area contributed by atoms with Gasteiger partial charge >= 0.3 is 0 Å². The maximum atomic E-state index is 12.4. The molecule has 2 aromatic carbocycles. The van der Waals surface area contributed by atoms with Crippen molar-refractivity contribution in [2.45, 2.75) is 4.90 Å². The average Bonchev–Trinajstić information content (AvgIpc) is 2.38. The van der Waals surface area contributed by atoms with Gasteiger partial charge in [-0.25, -0.2) is 8.42 Å². The molecule has 0 fully saturated rings. The molecule has 0 spiro atoms. The van der Waals surface area contributed by atoms with Gasteiger partial charge in [-0.1, -0.05) is 22.0 Å². The topological polar surface area (TPSA) is 75.6 Å². The van der Waals surface area contributed by atoms with Crippen LogP contribution in [0.15, 0.2) is 51.8 Å². The number of nitrogens with one attached hydrogen (secondary N) is 1. The smallest absolute Gasteiger partial charge is 0.265 e. The van der Waals surface area contributed by atoms with Crippen LogP contribution in [0.4, 0.5) is 5.69 Å². The molecule has 2 rings (SSSR count). The first-order valence-corrected chi connectivity index (χ1v) is 7.85. The number of ether oxygens (including phenoxy) is 1. The second kappa shape index (κ2) is 5.72. The molecule has 106 valence electrons. The molecule has 0 amide bonds. The molecular formula is C13H12BrNO4S. The maximum Gasteiger partial charge on any atom is 0.265 e. The largest absolute Gasteiger partial charge is 0.508 e. The van der Waals surface area contributed by atoms with E-state index in [2.05, 4.69) is 20.7 Å². The fraction of sp³-hybridized carbons (Fsp3) is 0.0769. The number of methoxy groups -OCH3 is 1. The Hall–Kier alpha value is -1.73. The molecule has 2 aromatic rings. The number of rotatable bonds is 4. The van der Waals surface area contributed by atoms with E-state index in [9.17, 15) is 13.5 Å². The molecule has 5 nitrogen and oxygen atoms in total. The molecule has 0 aliphatic carbocycles. The monoisotopic (exact) mass is 357 g/mol. The predicted octanol–water partition coefficient (Wildman–Crippen LogP) is 2.96. The van der Waals surface area contributed by atoms with E-state index in [0.29, 0.717) is 4.47 Å². The maximum absolute atomic E-state index is 12.4. The van der Waals surface area contributed by atoms with E-state index in [4.69, 9.17) is 4.74 Å². The van der Waals surface area contributed by atoms with Crippen LogP contribution in [-0.4, -0.2) is 20.6 Å². The van der Waals surface area contributed by atoms with Crippen LogP contribution in [0.3, 0.4) is 0 Å². The van der Waals surface area contributed by atoms with E-state index < -0.39 is 10.0 Å². The molecule has 0 aliphatic heterocycles. The van der Waals surface area contributed by atoms with Gasteiger partial charge in [0.25, 0.3) is 10.0 Å². The van der Waals surface area contributed by atoms with Crippen molar-refractivity contribution in [2.75, 3.05) is 11.8 Å². The third kappa shape index (κ3) is 3.23. The molecule has 0 saturated carbocycles. The summed E-state index contributed by atoms with van der Waals surface area (Å²) in [6.45, 7) is 0. The number of benzene rings is 2. The molecule has 0 atom stereocenters. The summed E-state index contributed by atoms with van der Waals surface area (Å²) in [5.74, 6) is 0.215. The number of anilines is 1. The van der Waals surface area contributed by atoms with Gasteiger partial charge in [-0.15, -0.1) is 0 Å². The number of sulfonamides is 1. The lowest BCUT2D eigenvalue weighted by Crippen LogP contribution is -2.14. The highest BCUT2D eigenvalue weighted by atomic mass is 79.9. The molecule has 7 heteroatoms. The van der Waals surface area contributed by atoms with Crippen LogP contribution in [0.25, 0.3) is 0 Å². The molecule has 20 heavy (non-hydrogen) atoms. The molecule has 2 N–H and O–H groups in total. The normalized spacial score (nSPS) is 11.1. The van der Waals surface area contributed by atoms with Gasteiger partial charge in [0.15, 0.2) is 0 Å². The Balaban J connectivity index is 2.43. The number of aromatic hydroxyl groups is 1. The summed E-state index contributed by atoms with van der Waals surface area (Å²) in [4.78, 5) is 0.0118. The van der Waals surface area contributed by atoms with Gasteiger partial charge in [0.05, 0.1) is 12.8 Å². The molecule has 0 bridgehead atoms. The van der Waals surface area contributed by atoms with Crippen LogP contribution >= 0.6 is 15.9 Å². The number of halogens is 1. The minimum absolute atomic E-state index is 0.0118. The first kappa shape index (κ1) is 14.7. The summed E-state index contributed by atoms with van der Waals surface area (Å²) in [6.07, 6.45) is 0. The van der Waals surface area contributed by atoms with E-state index in [1.165, 1.54) is 25.3 Å². The lowest BCUT2D eigenvalue weighted by Gasteiger charge is -2.12. The quantitative estimate of drug-likeness (QED) is 0.881. The van der Waals surface area contributed by atoms with Crippen molar-refractivity contribution in [1.29, 1.82) is 0 Å². The van der Waals surface area contributed by atoms with Gasteiger partial charge in [-0.3, -0.25) is 4.72 Å². The summed E-state index contributed by atoms with van der Waals surface area (Å²) in [6, 6.07) is 10.6. The minimum Gasteiger partial charge on any atom is -0.508 e. The van der Waals surface area contributed by atoms with E-state index in [-0.39, 0.29) is 22.1 Å². The predicted molar refractivity (Wildman–Crippen MR) is 79.6 cm³/mol. The van der Waals surface area contributed by atoms with Crippen molar-refractivity contribution in [3.8, 4) is 11.5 Å². The molecule has 0 aromatic heterocycles. The Bertz CT molecular complexity index is 731. The number of phenols is 1. The van der Waals surface area contributed by atoms with Crippen molar-refractivity contribution in [3.05, 3.63) is 46.9 Å². The third-order valence-electron chi connectivity index (χ3n) is 2.51. The molecule has 0 heterocycles. The van der Waals surface area contributed by atoms with E-state index in [1.807, 2.05) is 0 Å². The van der Waals surface area contributed by atoms with Crippen molar-refractivity contribution in [1.82, 2.24) is 0 Å².